The van der Waals surface area contributed by atoms with Gasteiger partial charge in [-0.1, -0.05) is 20.4 Å². The zero-order valence-electron chi connectivity index (χ0n) is 5.32. The zero-order valence-corrected chi connectivity index (χ0v) is 6.14. The van der Waals surface area contributed by atoms with Crippen molar-refractivity contribution in [3.63, 3.8) is 0 Å². The Morgan fingerprint density at radius 3 is 2.38 bits per heavy atom. The maximum Gasteiger partial charge on any atom is 0.0772 e. The molecule has 0 amide bonds. The molecule has 1 saturated heterocycles. The van der Waals surface area contributed by atoms with Crippen molar-refractivity contribution in [3.05, 3.63) is 11.6 Å². The van der Waals surface area contributed by atoms with E-state index in [4.69, 9.17) is 0 Å². The van der Waals surface area contributed by atoms with E-state index in [1.54, 1.807) is 11.9 Å². The second-order valence-corrected chi connectivity index (χ2v) is 2.01. The zero-order chi connectivity index (χ0) is 6.41. The van der Waals surface area contributed by atoms with E-state index in [0.29, 0.717) is 0 Å². The van der Waals surface area contributed by atoms with E-state index in [9.17, 15) is 0 Å². The number of hydrogen-bond acceptors (Lipinski definition) is 3. The molecule has 0 aliphatic carbocycles. The van der Waals surface area contributed by atoms with Gasteiger partial charge in [0, 0.05) is 0 Å². The van der Waals surface area contributed by atoms with Gasteiger partial charge in [-0.05, 0) is 11.9 Å². The molecule has 8 heavy (non-hydrogen) atoms. The highest BCUT2D eigenvalue weighted by Gasteiger charge is 1.98. The molecule has 1 aliphatic heterocycles. The number of nitrogens with one attached hydrogen (secondary N) is 2. The molecule has 3 heteroatoms. The molecule has 0 aromatic carbocycles. The normalized spacial score (nSPS) is 16.5. The van der Waals surface area contributed by atoms with Crippen LogP contribution in [0.3, 0.4) is 0 Å². The minimum absolute atomic E-state index is 0.851. The summed E-state index contributed by atoms with van der Waals surface area (Å²) < 4.78 is 2.98. The van der Waals surface area contributed by atoms with Gasteiger partial charge in [-0.3, -0.25) is 0 Å². The lowest BCUT2D eigenvalue weighted by Gasteiger charge is -1.83. The second-order valence-electron chi connectivity index (χ2n) is 1.02. The maximum absolute atomic E-state index is 3.64. The van der Waals surface area contributed by atoms with Crippen molar-refractivity contribution in [2.24, 2.45) is 0 Å². The summed E-state index contributed by atoms with van der Waals surface area (Å²) in [6.07, 6.45) is 0. The average molecular weight is 132 g/mol. The first-order chi connectivity index (χ1) is 3.89. The highest BCUT2D eigenvalue weighted by Crippen LogP contribution is 2.07. The summed E-state index contributed by atoms with van der Waals surface area (Å²) in [6.45, 7) is 8.49. The highest BCUT2D eigenvalue weighted by atomic mass is 32.2. The fraction of sp³-hybridized carbons (Fsp3) is 0.600. The first-order valence-corrected chi connectivity index (χ1v) is 3.54. The number of rotatable bonds is 0. The summed E-state index contributed by atoms with van der Waals surface area (Å²) in [6, 6.07) is 0. The van der Waals surface area contributed by atoms with Crippen molar-refractivity contribution >= 4 is 11.9 Å². The lowest BCUT2D eigenvalue weighted by molar-refractivity contribution is 0.864. The topological polar surface area (TPSA) is 24.1 Å². The first-order valence-electron chi connectivity index (χ1n) is 2.72. The second kappa shape index (κ2) is 5.00. The predicted molar refractivity (Wildman–Crippen MR) is 39.2 cm³/mol. The van der Waals surface area contributed by atoms with Crippen LogP contribution in [0.5, 0.6) is 0 Å². The highest BCUT2D eigenvalue weighted by molar-refractivity contribution is 8.01. The molecule has 0 spiro atoms. The van der Waals surface area contributed by atoms with Gasteiger partial charge in [-0.15, -0.1) is 0 Å². The van der Waals surface area contributed by atoms with Crippen molar-refractivity contribution in [1.82, 2.24) is 10.0 Å². The van der Waals surface area contributed by atoms with Crippen molar-refractivity contribution in [1.29, 1.82) is 0 Å². The molecule has 2 N–H and O–H groups in total. The average Bonchev–Trinajstić information content (AvgIpc) is 2.24. The summed E-state index contributed by atoms with van der Waals surface area (Å²) in [5, 5.41) is 3.99. The lowest BCUT2D eigenvalue weighted by atomic mass is 10.9. The Morgan fingerprint density at radius 1 is 1.62 bits per heavy atom. The van der Waals surface area contributed by atoms with Gasteiger partial charge >= 0.3 is 0 Å². The summed E-state index contributed by atoms with van der Waals surface area (Å²) in [5.41, 5.74) is 0. The largest absolute Gasteiger partial charge is 0.366 e. The van der Waals surface area contributed by atoms with Crippen LogP contribution in [0, 0.1) is 0 Å². The molecule has 0 radical (unpaired) electrons. The third-order valence-corrected chi connectivity index (χ3v) is 1.23. The van der Waals surface area contributed by atoms with Gasteiger partial charge < -0.3 is 5.32 Å². The van der Waals surface area contributed by atoms with Gasteiger partial charge in [0.15, 0.2) is 0 Å². The van der Waals surface area contributed by atoms with Crippen LogP contribution in [0.2, 0.25) is 0 Å². The Balaban J connectivity index is 0.000000222. The Labute approximate surface area is 54.9 Å². The van der Waals surface area contributed by atoms with E-state index in [2.05, 4.69) is 16.6 Å². The molecular formula is C5H12N2S. The minimum atomic E-state index is 0.851. The van der Waals surface area contributed by atoms with Crippen LogP contribution in [-0.2, 0) is 0 Å². The molecule has 1 fully saturated rings. The fourth-order valence-electron chi connectivity index (χ4n) is 0.294. The standard InChI is InChI=1S/C3H6N2S.C2H6/c1-3-4-2-5-6-3;1-2/h4-5H,1-2H2;1-2H3. The van der Waals surface area contributed by atoms with E-state index in [-0.39, 0.29) is 0 Å². The van der Waals surface area contributed by atoms with Crippen LogP contribution < -0.4 is 10.0 Å². The van der Waals surface area contributed by atoms with Crippen LogP contribution in [0.15, 0.2) is 11.6 Å². The molecule has 0 aromatic heterocycles. The Hall–Kier alpha value is -0.150. The maximum atomic E-state index is 3.64. The van der Waals surface area contributed by atoms with Gasteiger partial charge in [0.05, 0.1) is 11.7 Å². The SMILES string of the molecule is C=C1NCNS1.CC. The fourth-order valence-corrected chi connectivity index (χ4v) is 0.757. The van der Waals surface area contributed by atoms with Gasteiger partial charge in [-0.2, -0.15) is 0 Å². The molecule has 0 bridgehead atoms. The van der Waals surface area contributed by atoms with Crippen molar-refractivity contribution in [3.8, 4) is 0 Å². The van der Waals surface area contributed by atoms with Crippen molar-refractivity contribution in [2.75, 3.05) is 6.67 Å². The predicted octanol–water partition coefficient (Wildman–Crippen LogP) is 1.28. The third-order valence-electron chi connectivity index (χ3n) is 0.553. The molecule has 0 atom stereocenters. The lowest BCUT2D eigenvalue weighted by Crippen LogP contribution is -2.09. The minimum Gasteiger partial charge on any atom is -0.366 e. The monoisotopic (exact) mass is 132 g/mol. The van der Waals surface area contributed by atoms with Gasteiger partial charge in [0.25, 0.3) is 0 Å². The van der Waals surface area contributed by atoms with E-state index in [1.807, 2.05) is 13.8 Å². The molecular weight excluding hydrogens is 120 g/mol. The van der Waals surface area contributed by atoms with E-state index >= 15 is 0 Å². The van der Waals surface area contributed by atoms with Crippen LogP contribution in [-0.4, -0.2) is 6.67 Å². The molecule has 0 unspecified atom stereocenters. The Kier molecular flexibility index (Phi) is 4.90. The molecule has 1 rings (SSSR count). The Bertz CT molecular complexity index is 64.8. The van der Waals surface area contributed by atoms with Crippen LogP contribution in [0.1, 0.15) is 13.8 Å². The van der Waals surface area contributed by atoms with E-state index < -0.39 is 0 Å². The van der Waals surface area contributed by atoms with Crippen LogP contribution >= 0.6 is 11.9 Å². The molecule has 1 aliphatic rings. The molecule has 0 saturated carbocycles. The van der Waals surface area contributed by atoms with Crippen molar-refractivity contribution < 1.29 is 0 Å². The summed E-state index contributed by atoms with van der Waals surface area (Å²) >= 11 is 1.54. The van der Waals surface area contributed by atoms with Gasteiger partial charge in [-0.25, -0.2) is 4.72 Å². The third kappa shape index (κ3) is 2.93. The molecule has 2 nitrogen and oxygen atoms in total. The van der Waals surface area contributed by atoms with E-state index in [1.165, 1.54) is 0 Å². The molecule has 48 valence electrons. The summed E-state index contributed by atoms with van der Waals surface area (Å²) in [7, 11) is 0. The van der Waals surface area contributed by atoms with Gasteiger partial charge in [0.2, 0.25) is 0 Å². The quantitative estimate of drug-likeness (QED) is 0.485. The summed E-state index contributed by atoms with van der Waals surface area (Å²) in [4.78, 5) is 0. The number of hydrogen-bond donors (Lipinski definition) is 2. The van der Waals surface area contributed by atoms with Gasteiger partial charge in [0.1, 0.15) is 0 Å². The van der Waals surface area contributed by atoms with Crippen LogP contribution in [0.25, 0.3) is 0 Å². The van der Waals surface area contributed by atoms with Crippen LogP contribution in [0.4, 0.5) is 0 Å². The molecule has 1 heterocycles. The Morgan fingerprint density at radius 2 is 2.25 bits per heavy atom. The van der Waals surface area contributed by atoms with Crippen molar-refractivity contribution in [2.45, 2.75) is 13.8 Å². The summed E-state index contributed by atoms with van der Waals surface area (Å²) in [5.74, 6) is 0. The van der Waals surface area contributed by atoms with E-state index in [0.717, 1.165) is 11.7 Å². The smallest absolute Gasteiger partial charge is 0.0772 e. The first kappa shape index (κ1) is 7.85. The molecule has 0 aromatic rings.